The number of hydrogen-bond donors (Lipinski definition) is 1. The molecule has 0 bridgehead atoms. The van der Waals surface area contributed by atoms with Gasteiger partial charge in [0.2, 0.25) is 5.91 Å². The van der Waals surface area contributed by atoms with Crippen molar-refractivity contribution in [3.63, 3.8) is 0 Å². The standard InChI is InChI=1S/C13H16F3N3O2/c1-9(12(20)19-4-6-21-7-5-19)18-11-8-10(2-3-17-11)13(14,15)16/h2-3,8-9H,4-7H2,1H3,(H,17,18). The molecule has 1 saturated heterocycles. The Labute approximate surface area is 120 Å². The van der Waals surface area contributed by atoms with Gasteiger partial charge in [0.05, 0.1) is 18.8 Å². The van der Waals surface area contributed by atoms with Gasteiger partial charge in [-0.1, -0.05) is 0 Å². The number of rotatable bonds is 3. The van der Waals surface area contributed by atoms with Crippen molar-refractivity contribution in [3.05, 3.63) is 23.9 Å². The van der Waals surface area contributed by atoms with E-state index in [0.717, 1.165) is 18.3 Å². The molecule has 0 spiro atoms. The minimum Gasteiger partial charge on any atom is -0.378 e. The molecule has 1 amide bonds. The molecule has 0 radical (unpaired) electrons. The summed E-state index contributed by atoms with van der Waals surface area (Å²) in [5.41, 5.74) is -0.800. The first-order valence-corrected chi connectivity index (χ1v) is 6.54. The lowest BCUT2D eigenvalue weighted by molar-refractivity contribution is -0.137. The summed E-state index contributed by atoms with van der Waals surface area (Å²) in [4.78, 5) is 17.6. The number of halogens is 3. The lowest BCUT2D eigenvalue weighted by Gasteiger charge is -2.29. The summed E-state index contributed by atoms with van der Waals surface area (Å²) < 4.78 is 43.0. The highest BCUT2D eigenvalue weighted by atomic mass is 19.4. The summed E-state index contributed by atoms with van der Waals surface area (Å²) >= 11 is 0. The number of pyridine rings is 1. The number of nitrogens with zero attached hydrogens (tertiary/aromatic N) is 2. The molecule has 0 saturated carbocycles. The minimum absolute atomic E-state index is 0.0268. The maximum absolute atomic E-state index is 12.6. The maximum Gasteiger partial charge on any atom is 0.416 e. The molecule has 0 aromatic carbocycles. The predicted octanol–water partition coefficient (Wildman–Crippen LogP) is 1.76. The Morgan fingerprint density at radius 1 is 1.43 bits per heavy atom. The van der Waals surface area contributed by atoms with Crippen molar-refractivity contribution >= 4 is 11.7 Å². The summed E-state index contributed by atoms with van der Waals surface area (Å²) in [5.74, 6) is -0.156. The summed E-state index contributed by atoms with van der Waals surface area (Å²) in [7, 11) is 0. The molecular weight excluding hydrogens is 287 g/mol. The van der Waals surface area contributed by atoms with Crippen LogP contribution in [0.3, 0.4) is 0 Å². The maximum atomic E-state index is 12.6. The molecule has 1 aromatic heterocycles. The van der Waals surface area contributed by atoms with E-state index in [2.05, 4.69) is 10.3 Å². The quantitative estimate of drug-likeness (QED) is 0.924. The number of carbonyl (C=O) groups is 1. The van der Waals surface area contributed by atoms with Crippen LogP contribution in [0.2, 0.25) is 0 Å². The summed E-state index contributed by atoms with van der Waals surface area (Å²) in [6.45, 7) is 3.52. The summed E-state index contributed by atoms with van der Waals surface area (Å²) in [6.07, 6.45) is -3.37. The van der Waals surface area contributed by atoms with Crippen molar-refractivity contribution in [2.75, 3.05) is 31.6 Å². The number of aromatic nitrogens is 1. The van der Waals surface area contributed by atoms with Gasteiger partial charge in [0.1, 0.15) is 11.9 Å². The number of nitrogens with one attached hydrogen (secondary N) is 1. The third-order valence-corrected chi connectivity index (χ3v) is 3.14. The second-order valence-corrected chi connectivity index (χ2v) is 4.73. The van der Waals surface area contributed by atoms with E-state index in [-0.39, 0.29) is 11.7 Å². The highest BCUT2D eigenvalue weighted by Crippen LogP contribution is 2.30. The SMILES string of the molecule is CC(Nc1cc(C(F)(F)F)ccn1)C(=O)N1CCOCC1. The summed E-state index contributed by atoms with van der Waals surface area (Å²) in [5, 5.41) is 2.71. The highest BCUT2D eigenvalue weighted by Gasteiger charge is 2.31. The van der Waals surface area contributed by atoms with Gasteiger partial charge in [-0.3, -0.25) is 4.79 Å². The fraction of sp³-hybridized carbons (Fsp3) is 0.538. The Kier molecular flexibility index (Phi) is 4.66. The van der Waals surface area contributed by atoms with E-state index in [0.29, 0.717) is 26.3 Å². The lowest BCUT2D eigenvalue weighted by atomic mass is 10.2. The second kappa shape index (κ2) is 6.30. The van der Waals surface area contributed by atoms with Crippen molar-refractivity contribution in [2.24, 2.45) is 0 Å². The van der Waals surface area contributed by atoms with Crippen LogP contribution in [0.25, 0.3) is 0 Å². The van der Waals surface area contributed by atoms with Crippen molar-refractivity contribution < 1.29 is 22.7 Å². The molecule has 1 atom stereocenters. The van der Waals surface area contributed by atoms with Crippen LogP contribution in [0.1, 0.15) is 12.5 Å². The monoisotopic (exact) mass is 303 g/mol. The van der Waals surface area contributed by atoms with Gasteiger partial charge < -0.3 is 15.0 Å². The smallest absolute Gasteiger partial charge is 0.378 e. The first kappa shape index (κ1) is 15.6. The largest absolute Gasteiger partial charge is 0.416 e. The Bertz CT molecular complexity index is 502. The molecule has 2 heterocycles. The fourth-order valence-corrected chi connectivity index (χ4v) is 2.03. The molecular formula is C13H16F3N3O2. The molecule has 8 heteroatoms. The van der Waals surface area contributed by atoms with E-state index in [4.69, 9.17) is 4.74 Å². The van der Waals surface area contributed by atoms with Crippen molar-refractivity contribution in [1.82, 2.24) is 9.88 Å². The Hall–Kier alpha value is -1.83. The topological polar surface area (TPSA) is 54.5 Å². The second-order valence-electron chi connectivity index (χ2n) is 4.73. The third-order valence-electron chi connectivity index (χ3n) is 3.14. The van der Waals surface area contributed by atoms with Crippen LogP contribution in [0.15, 0.2) is 18.3 Å². The molecule has 1 unspecified atom stereocenters. The Morgan fingerprint density at radius 2 is 2.10 bits per heavy atom. The molecule has 116 valence electrons. The van der Waals surface area contributed by atoms with Crippen LogP contribution in [0.4, 0.5) is 19.0 Å². The molecule has 1 aliphatic heterocycles. The highest BCUT2D eigenvalue weighted by molar-refractivity contribution is 5.84. The van der Waals surface area contributed by atoms with Gasteiger partial charge in [-0.25, -0.2) is 4.98 Å². The zero-order valence-corrected chi connectivity index (χ0v) is 11.5. The molecule has 1 fully saturated rings. The van der Waals surface area contributed by atoms with E-state index in [1.165, 1.54) is 0 Å². The van der Waals surface area contributed by atoms with Crippen molar-refractivity contribution in [2.45, 2.75) is 19.1 Å². The first-order chi connectivity index (χ1) is 9.88. The van der Waals surface area contributed by atoms with Gasteiger partial charge in [-0.15, -0.1) is 0 Å². The number of ether oxygens (including phenoxy) is 1. The normalized spacial score (nSPS) is 17.4. The van der Waals surface area contributed by atoms with Gasteiger partial charge in [-0.2, -0.15) is 13.2 Å². The van der Waals surface area contributed by atoms with E-state index in [1.54, 1.807) is 11.8 Å². The van der Waals surface area contributed by atoms with Crippen LogP contribution in [-0.4, -0.2) is 48.1 Å². The van der Waals surface area contributed by atoms with Crippen molar-refractivity contribution in [1.29, 1.82) is 0 Å². The van der Waals surface area contributed by atoms with Gasteiger partial charge in [-0.05, 0) is 19.1 Å². The Morgan fingerprint density at radius 3 is 2.71 bits per heavy atom. The van der Waals surface area contributed by atoms with E-state index in [1.807, 2.05) is 0 Å². The predicted molar refractivity (Wildman–Crippen MR) is 69.7 cm³/mol. The number of carbonyl (C=O) groups excluding carboxylic acids is 1. The molecule has 1 N–H and O–H groups in total. The fourth-order valence-electron chi connectivity index (χ4n) is 2.03. The molecule has 1 aromatic rings. The number of anilines is 1. The molecule has 0 aliphatic carbocycles. The lowest BCUT2D eigenvalue weighted by Crippen LogP contribution is -2.47. The van der Waals surface area contributed by atoms with E-state index < -0.39 is 17.8 Å². The Balaban J connectivity index is 2.02. The average molecular weight is 303 g/mol. The molecule has 2 rings (SSSR count). The third kappa shape index (κ3) is 4.07. The van der Waals surface area contributed by atoms with Crippen molar-refractivity contribution in [3.8, 4) is 0 Å². The van der Waals surface area contributed by atoms with Gasteiger partial charge in [0, 0.05) is 19.3 Å². The first-order valence-electron chi connectivity index (χ1n) is 6.54. The van der Waals surface area contributed by atoms with Crippen LogP contribution in [-0.2, 0) is 15.7 Å². The van der Waals surface area contributed by atoms with Crippen LogP contribution in [0, 0.1) is 0 Å². The average Bonchev–Trinajstić information content (AvgIpc) is 2.47. The number of alkyl halides is 3. The minimum atomic E-state index is -4.43. The van der Waals surface area contributed by atoms with Gasteiger partial charge in [0.25, 0.3) is 0 Å². The summed E-state index contributed by atoms with van der Waals surface area (Å²) in [6, 6.07) is 1.13. The van der Waals surface area contributed by atoms with E-state index in [9.17, 15) is 18.0 Å². The van der Waals surface area contributed by atoms with E-state index >= 15 is 0 Å². The number of hydrogen-bond acceptors (Lipinski definition) is 4. The molecule has 21 heavy (non-hydrogen) atoms. The van der Waals surface area contributed by atoms with Crippen LogP contribution < -0.4 is 5.32 Å². The molecule has 1 aliphatic rings. The zero-order chi connectivity index (χ0) is 15.5. The van der Waals surface area contributed by atoms with Crippen LogP contribution in [0.5, 0.6) is 0 Å². The number of morpholine rings is 1. The number of amides is 1. The van der Waals surface area contributed by atoms with Crippen LogP contribution >= 0.6 is 0 Å². The van der Waals surface area contributed by atoms with Gasteiger partial charge in [0.15, 0.2) is 0 Å². The molecule has 5 nitrogen and oxygen atoms in total. The zero-order valence-electron chi connectivity index (χ0n) is 11.5. The van der Waals surface area contributed by atoms with Gasteiger partial charge >= 0.3 is 6.18 Å².